The fraction of sp³-hybridized carbons (Fsp3) is 0.188. The highest BCUT2D eigenvalue weighted by Gasteiger charge is 2.09. The molecule has 0 spiro atoms. The van der Waals surface area contributed by atoms with Gasteiger partial charge in [-0.05, 0) is 36.4 Å². The predicted octanol–water partition coefficient (Wildman–Crippen LogP) is 4.74. The predicted molar refractivity (Wildman–Crippen MR) is 92.6 cm³/mol. The smallest absolute Gasteiger partial charge is 0.411 e. The molecule has 0 radical (unpaired) electrons. The van der Waals surface area contributed by atoms with Gasteiger partial charge < -0.3 is 14.2 Å². The first-order valence-corrected chi connectivity index (χ1v) is 7.91. The van der Waals surface area contributed by atoms with Crippen LogP contribution in [-0.4, -0.2) is 26.4 Å². The Hall–Kier alpha value is -1.92. The van der Waals surface area contributed by atoms with E-state index in [0.29, 0.717) is 22.2 Å². The van der Waals surface area contributed by atoms with Gasteiger partial charge in [-0.15, -0.1) is 0 Å². The third-order valence-electron chi connectivity index (χ3n) is 2.80. The first kappa shape index (κ1) is 17.4. The van der Waals surface area contributed by atoms with Crippen molar-refractivity contribution >= 4 is 39.3 Å². The van der Waals surface area contributed by atoms with Gasteiger partial charge in [0, 0.05) is 15.6 Å². The van der Waals surface area contributed by atoms with Crippen molar-refractivity contribution in [2.75, 3.05) is 25.6 Å². The van der Waals surface area contributed by atoms with Gasteiger partial charge in [0.05, 0.1) is 12.8 Å². The van der Waals surface area contributed by atoms with Crippen LogP contribution in [0.5, 0.6) is 11.5 Å². The van der Waals surface area contributed by atoms with Crippen molar-refractivity contribution < 1.29 is 19.0 Å². The van der Waals surface area contributed by atoms with Crippen LogP contribution in [0.1, 0.15) is 0 Å². The molecule has 0 aliphatic heterocycles. The topological polar surface area (TPSA) is 56.8 Å². The number of carbonyl (C=O) groups excluding carboxylic acids is 1. The maximum absolute atomic E-state index is 11.7. The summed E-state index contributed by atoms with van der Waals surface area (Å²) < 4.78 is 16.6. The summed E-state index contributed by atoms with van der Waals surface area (Å²) in [6, 6.07) is 12.3. The zero-order chi connectivity index (χ0) is 16.7. The molecule has 0 unspecified atom stereocenters. The lowest BCUT2D eigenvalue weighted by atomic mass is 10.3. The zero-order valence-corrected chi connectivity index (χ0v) is 14.7. The molecule has 7 heteroatoms. The summed E-state index contributed by atoms with van der Waals surface area (Å²) >= 11 is 9.20. The Morgan fingerprint density at radius 3 is 2.61 bits per heavy atom. The summed E-state index contributed by atoms with van der Waals surface area (Å²) in [5, 5.41) is 3.11. The number of ether oxygens (including phenoxy) is 3. The van der Waals surface area contributed by atoms with Crippen molar-refractivity contribution in [1.82, 2.24) is 0 Å². The summed E-state index contributed by atoms with van der Waals surface area (Å²) in [6.07, 6.45) is -0.593. The molecule has 0 atom stereocenters. The average molecular weight is 401 g/mol. The molecule has 23 heavy (non-hydrogen) atoms. The fourth-order valence-corrected chi connectivity index (χ4v) is 2.17. The lowest BCUT2D eigenvalue weighted by Gasteiger charge is -2.11. The van der Waals surface area contributed by atoms with E-state index in [2.05, 4.69) is 21.2 Å². The van der Waals surface area contributed by atoms with Gasteiger partial charge in [0.25, 0.3) is 0 Å². The van der Waals surface area contributed by atoms with Gasteiger partial charge >= 0.3 is 6.09 Å². The van der Waals surface area contributed by atoms with Gasteiger partial charge in [-0.1, -0.05) is 27.5 Å². The van der Waals surface area contributed by atoms with Gasteiger partial charge in [0.15, 0.2) is 0 Å². The van der Waals surface area contributed by atoms with Crippen molar-refractivity contribution in [3.63, 3.8) is 0 Å². The Bertz CT molecular complexity index is 664. The number of benzene rings is 2. The summed E-state index contributed by atoms with van der Waals surface area (Å²) in [5.74, 6) is 1.16. The third kappa shape index (κ3) is 5.65. The Morgan fingerprint density at radius 2 is 1.91 bits per heavy atom. The fourth-order valence-electron chi connectivity index (χ4n) is 1.74. The second-order valence-corrected chi connectivity index (χ2v) is 5.76. The highest BCUT2D eigenvalue weighted by molar-refractivity contribution is 9.10. The maximum atomic E-state index is 11.7. The molecular formula is C16H15BrClNO4. The Kier molecular flexibility index (Phi) is 6.55. The first-order chi connectivity index (χ1) is 11.1. The molecule has 1 N–H and O–H groups in total. The summed E-state index contributed by atoms with van der Waals surface area (Å²) in [6.45, 7) is 0.380. The molecule has 0 bridgehead atoms. The number of carbonyl (C=O) groups is 1. The van der Waals surface area contributed by atoms with Crippen molar-refractivity contribution in [3.8, 4) is 11.5 Å². The van der Waals surface area contributed by atoms with E-state index in [1.807, 2.05) is 24.3 Å². The van der Waals surface area contributed by atoms with E-state index in [1.54, 1.807) is 18.2 Å². The molecule has 0 aliphatic carbocycles. The largest absolute Gasteiger partial charge is 0.495 e. The number of halogens is 2. The lowest BCUT2D eigenvalue weighted by molar-refractivity contribution is 0.137. The van der Waals surface area contributed by atoms with E-state index in [-0.39, 0.29) is 13.2 Å². The van der Waals surface area contributed by atoms with Crippen LogP contribution < -0.4 is 14.8 Å². The number of methoxy groups -OCH3 is 1. The minimum Gasteiger partial charge on any atom is -0.495 e. The average Bonchev–Trinajstić information content (AvgIpc) is 2.55. The Labute approximate surface area is 147 Å². The van der Waals surface area contributed by atoms with E-state index in [1.165, 1.54) is 7.11 Å². The molecule has 2 rings (SSSR count). The highest BCUT2D eigenvalue weighted by Crippen LogP contribution is 2.27. The van der Waals surface area contributed by atoms with Crippen molar-refractivity contribution in [2.24, 2.45) is 0 Å². The van der Waals surface area contributed by atoms with Crippen LogP contribution in [0.15, 0.2) is 46.9 Å². The van der Waals surface area contributed by atoms with Crippen LogP contribution in [0.4, 0.5) is 10.5 Å². The van der Waals surface area contributed by atoms with Crippen molar-refractivity contribution in [1.29, 1.82) is 0 Å². The van der Waals surface area contributed by atoms with E-state index >= 15 is 0 Å². The molecule has 0 heterocycles. The number of anilines is 1. The monoisotopic (exact) mass is 399 g/mol. The first-order valence-electron chi connectivity index (χ1n) is 6.74. The number of amides is 1. The maximum Gasteiger partial charge on any atom is 0.411 e. The van der Waals surface area contributed by atoms with Crippen LogP contribution in [0.25, 0.3) is 0 Å². The van der Waals surface area contributed by atoms with E-state index in [0.717, 1.165) is 4.47 Å². The summed E-state index contributed by atoms with van der Waals surface area (Å²) in [7, 11) is 1.49. The normalized spacial score (nSPS) is 10.0. The van der Waals surface area contributed by atoms with Crippen LogP contribution in [-0.2, 0) is 4.74 Å². The molecular weight excluding hydrogens is 386 g/mol. The van der Waals surface area contributed by atoms with E-state index in [4.69, 9.17) is 25.8 Å². The van der Waals surface area contributed by atoms with Gasteiger partial charge in [0.2, 0.25) is 0 Å². The van der Waals surface area contributed by atoms with Gasteiger partial charge in [-0.2, -0.15) is 0 Å². The quantitative estimate of drug-likeness (QED) is 0.712. The van der Waals surface area contributed by atoms with Gasteiger partial charge in [-0.25, -0.2) is 4.79 Å². The van der Waals surface area contributed by atoms with Crippen molar-refractivity contribution in [2.45, 2.75) is 0 Å². The number of hydrogen-bond acceptors (Lipinski definition) is 4. The second kappa shape index (κ2) is 8.64. The Morgan fingerprint density at radius 1 is 1.17 bits per heavy atom. The van der Waals surface area contributed by atoms with E-state index < -0.39 is 6.09 Å². The second-order valence-electron chi connectivity index (χ2n) is 4.41. The standard InChI is InChI=1S/C16H15BrClNO4/c1-21-15-10-12(18)4-7-14(15)19-16(20)23-9-8-22-13-5-2-11(17)3-6-13/h2-7,10H,8-9H2,1H3,(H,19,20). The molecule has 2 aromatic rings. The van der Waals surface area contributed by atoms with Crippen LogP contribution in [0.2, 0.25) is 5.02 Å². The zero-order valence-electron chi connectivity index (χ0n) is 12.3. The number of rotatable bonds is 6. The molecule has 122 valence electrons. The van der Waals surface area contributed by atoms with Crippen LogP contribution in [0, 0.1) is 0 Å². The minimum absolute atomic E-state index is 0.123. The minimum atomic E-state index is -0.593. The molecule has 0 saturated carbocycles. The molecule has 0 fully saturated rings. The van der Waals surface area contributed by atoms with Crippen LogP contribution >= 0.6 is 27.5 Å². The summed E-state index contributed by atoms with van der Waals surface area (Å²) in [5.41, 5.74) is 0.482. The summed E-state index contributed by atoms with van der Waals surface area (Å²) in [4.78, 5) is 11.7. The lowest BCUT2D eigenvalue weighted by Crippen LogP contribution is -2.18. The SMILES string of the molecule is COc1cc(Cl)ccc1NC(=O)OCCOc1ccc(Br)cc1. The highest BCUT2D eigenvalue weighted by atomic mass is 79.9. The van der Waals surface area contributed by atoms with Crippen LogP contribution in [0.3, 0.4) is 0 Å². The molecule has 0 aliphatic rings. The molecule has 5 nitrogen and oxygen atoms in total. The van der Waals surface area contributed by atoms with Gasteiger partial charge in [0.1, 0.15) is 24.7 Å². The van der Waals surface area contributed by atoms with Gasteiger partial charge in [-0.3, -0.25) is 5.32 Å². The number of hydrogen-bond donors (Lipinski definition) is 1. The Balaban J connectivity index is 1.76. The van der Waals surface area contributed by atoms with Crippen molar-refractivity contribution in [3.05, 3.63) is 52.0 Å². The van der Waals surface area contributed by atoms with E-state index in [9.17, 15) is 4.79 Å². The molecule has 1 amide bonds. The number of nitrogens with one attached hydrogen (secondary N) is 1. The molecule has 2 aromatic carbocycles. The third-order valence-corrected chi connectivity index (χ3v) is 3.56. The molecule has 0 aromatic heterocycles. The molecule has 0 saturated heterocycles.